The molecule has 0 bridgehead atoms. The minimum absolute atomic E-state index is 0.0886. The summed E-state index contributed by atoms with van der Waals surface area (Å²) in [5, 5.41) is 1.23. The average molecular weight is 422 g/mol. The number of hydrogen-bond donors (Lipinski definition) is 0. The fraction of sp³-hybridized carbons (Fsp3) is 0.130. The molecule has 4 rings (SSSR count). The molecule has 0 saturated heterocycles. The first-order chi connectivity index (χ1) is 14.0. The standard InChI is InChI=1S/C23H20ClN3OS/c1-26(2)18-13-11-17(12-14-18)22(28)27(15-16-7-4-3-5-8-16)23-25-21-19(24)9-6-10-20(21)29-23/h3-14H,15H2,1-2H3. The van der Waals surface area contributed by atoms with Crippen LogP contribution < -0.4 is 9.80 Å². The molecule has 0 spiro atoms. The molecular weight excluding hydrogens is 402 g/mol. The van der Waals surface area contributed by atoms with E-state index in [1.54, 1.807) is 4.90 Å². The van der Waals surface area contributed by atoms with Gasteiger partial charge in [0.2, 0.25) is 0 Å². The van der Waals surface area contributed by atoms with E-state index >= 15 is 0 Å². The minimum atomic E-state index is -0.0886. The van der Waals surface area contributed by atoms with Crippen molar-refractivity contribution in [3.8, 4) is 0 Å². The van der Waals surface area contributed by atoms with E-state index in [1.807, 2.05) is 91.8 Å². The molecule has 0 radical (unpaired) electrons. The van der Waals surface area contributed by atoms with Gasteiger partial charge < -0.3 is 4.90 Å². The number of hydrogen-bond acceptors (Lipinski definition) is 4. The van der Waals surface area contributed by atoms with Crippen molar-refractivity contribution in [1.82, 2.24) is 4.98 Å². The van der Waals surface area contributed by atoms with Crippen molar-refractivity contribution < 1.29 is 4.79 Å². The molecule has 0 fully saturated rings. The van der Waals surface area contributed by atoms with Gasteiger partial charge in [0.25, 0.3) is 5.91 Å². The van der Waals surface area contributed by atoms with E-state index in [-0.39, 0.29) is 5.91 Å². The Morgan fingerprint density at radius 2 is 1.69 bits per heavy atom. The smallest absolute Gasteiger partial charge is 0.260 e. The number of benzene rings is 3. The SMILES string of the molecule is CN(C)c1ccc(C(=O)N(Cc2ccccc2)c2nc3c(Cl)cccc3s2)cc1. The van der Waals surface area contributed by atoms with Crippen LogP contribution in [0.5, 0.6) is 0 Å². The third kappa shape index (κ3) is 4.11. The number of halogens is 1. The predicted octanol–water partition coefficient (Wildman–Crippen LogP) is 5.86. The van der Waals surface area contributed by atoms with Crippen LogP contribution in [0.2, 0.25) is 5.02 Å². The highest BCUT2D eigenvalue weighted by molar-refractivity contribution is 7.22. The predicted molar refractivity (Wildman–Crippen MR) is 122 cm³/mol. The van der Waals surface area contributed by atoms with Crippen LogP contribution in [-0.2, 0) is 6.54 Å². The van der Waals surface area contributed by atoms with E-state index < -0.39 is 0 Å². The summed E-state index contributed by atoms with van der Waals surface area (Å²) in [5.74, 6) is -0.0886. The molecule has 3 aromatic carbocycles. The van der Waals surface area contributed by atoms with E-state index in [0.717, 1.165) is 21.5 Å². The number of aromatic nitrogens is 1. The first-order valence-electron chi connectivity index (χ1n) is 9.21. The number of amides is 1. The summed E-state index contributed by atoms with van der Waals surface area (Å²) < 4.78 is 0.960. The number of nitrogens with zero attached hydrogens (tertiary/aromatic N) is 3. The van der Waals surface area contributed by atoms with E-state index in [2.05, 4.69) is 4.98 Å². The summed E-state index contributed by atoms with van der Waals surface area (Å²) in [6.07, 6.45) is 0. The number of fused-ring (bicyclic) bond motifs is 1. The van der Waals surface area contributed by atoms with Crippen molar-refractivity contribution >= 4 is 49.9 Å². The normalized spacial score (nSPS) is 10.9. The average Bonchev–Trinajstić information content (AvgIpc) is 3.18. The molecule has 0 saturated carbocycles. The van der Waals surface area contributed by atoms with Crippen molar-refractivity contribution in [2.45, 2.75) is 6.54 Å². The van der Waals surface area contributed by atoms with Crippen LogP contribution in [0.4, 0.5) is 10.8 Å². The second-order valence-electron chi connectivity index (χ2n) is 6.90. The maximum absolute atomic E-state index is 13.4. The van der Waals surface area contributed by atoms with Gasteiger partial charge in [0.05, 0.1) is 16.3 Å². The van der Waals surface area contributed by atoms with Crippen LogP contribution in [-0.4, -0.2) is 25.0 Å². The molecule has 0 atom stereocenters. The van der Waals surface area contributed by atoms with Gasteiger partial charge in [0, 0.05) is 25.3 Å². The molecule has 0 aliphatic heterocycles. The highest BCUT2D eigenvalue weighted by Crippen LogP contribution is 2.34. The Labute approximate surface area is 179 Å². The van der Waals surface area contributed by atoms with Gasteiger partial charge in [-0.3, -0.25) is 9.69 Å². The van der Waals surface area contributed by atoms with Crippen LogP contribution in [0, 0.1) is 0 Å². The van der Waals surface area contributed by atoms with Crippen LogP contribution in [0.15, 0.2) is 72.8 Å². The van der Waals surface area contributed by atoms with Gasteiger partial charge in [-0.05, 0) is 42.0 Å². The van der Waals surface area contributed by atoms with Gasteiger partial charge in [0.1, 0.15) is 5.52 Å². The number of anilines is 2. The molecule has 1 heterocycles. The lowest BCUT2D eigenvalue weighted by molar-refractivity contribution is 0.0985. The molecular formula is C23H20ClN3OS. The molecule has 6 heteroatoms. The first-order valence-corrected chi connectivity index (χ1v) is 10.4. The number of rotatable bonds is 5. The van der Waals surface area contributed by atoms with Crippen molar-refractivity contribution in [1.29, 1.82) is 0 Å². The van der Waals surface area contributed by atoms with Gasteiger partial charge in [-0.25, -0.2) is 4.98 Å². The molecule has 1 amide bonds. The lowest BCUT2D eigenvalue weighted by atomic mass is 10.1. The Balaban J connectivity index is 1.74. The summed E-state index contributed by atoms with van der Waals surface area (Å²) in [5.41, 5.74) is 3.43. The van der Waals surface area contributed by atoms with Gasteiger partial charge >= 0.3 is 0 Å². The quantitative estimate of drug-likeness (QED) is 0.404. The Morgan fingerprint density at radius 3 is 2.34 bits per heavy atom. The fourth-order valence-electron chi connectivity index (χ4n) is 3.07. The van der Waals surface area contributed by atoms with Crippen molar-refractivity contribution in [3.05, 3.63) is 88.9 Å². The second kappa shape index (κ2) is 8.23. The van der Waals surface area contributed by atoms with E-state index in [4.69, 9.17) is 11.6 Å². The topological polar surface area (TPSA) is 36.4 Å². The fourth-order valence-corrected chi connectivity index (χ4v) is 4.33. The van der Waals surface area contributed by atoms with Crippen molar-refractivity contribution in [3.63, 3.8) is 0 Å². The van der Waals surface area contributed by atoms with Crippen LogP contribution >= 0.6 is 22.9 Å². The Morgan fingerprint density at radius 1 is 0.966 bits per heavy atom. The zero-order chi connectivity index (χ0) is 20.4. The maximum atomic E-state index is 13.4. The molecule has 29 heavy (non-hydrogen) atoms. The summed E-state index contributed by atoms with van der Waals surface area (Å²) in [6, 6.07) is 23.2. The number of carbonyl (C=O) groups excluding carboxylic acids is 1. The molecule has 1 aromatic heterocycles. The largest absolute Gasteiger partial charge is 0.378 e. The Hall–Kier alpha value is -2.89. The first kappa shape index (κ1) is 19.4. The number of carbonyl (C=O) groups is 1. The molecule has 4 aromatic rings. The monoisotopic (exact) mass is 421 g/mol. The van der Waals surface area contributed by atoms with Gasteiger partial charge in [0.15, 0.2) is 5.13 Å². The van der Waals surface area contributed by atoms with Gasteiger partial charge in [-0.1, -0.05) is 59.3 Å². The summed E-state index contributed by atoms with van der Waals surface area (Å²) in [7, 11) is 3.95. The zero-order valence-electron chi connectivity index (χ0n) is 16.2. The second-order valence-corrected chi connectivity index (χ2v) is 8.32. The van der Waals surface area contributed by atoms with E-state index in [1.165, 1.54) is 11.3 Å². The molecule has 0 unspecified atom stereocenters. The molecule has 146 valence electrons. The zero-order valence-corrected chi connectivity index (χ0v) is 17.7. The van der Waals surface area contributed by atoms with Crippen LogP contribution in [0.3, 0.4) is 0 Å². The Kier molecular flexibility index (Phi) is 5.51. The molecule has 0 aliphatic rings. The summed E-state index contributed by atoms with van der Waals surface area (Å²) in [4.78, 5) is 21.9. The van der Waals surface area contributed by atoms with Crippen LogP contribution in [0.1, 0.15) is 15.9 Å². The third-order valence-electron chi connectivity index (χ3n) is 4.65. The van der Waals surface area contributed by atoms with Crippen LogP contribution in [0.25, 0.3) is 10.2 Å². The molecule has 4 nitrogen and oxygen atoms in total. The minimum Gasteiger partial charge on any atom is -0.378 e. The van der Waals surface area contributed by atoms with Gasteiger partial charge in [-0.15, -0.1) is 0 Å². The summed E-state index contributed by atoms with van der Waals surface area (Å²) in [6.45, 7) is 0.437. The van der Waals surface area contributed by atoms with Gasteiger partial charge in [-0.2, -0.15) is 0 Å². The third-order valence-corrected chi connectivity index (χ3v) is 6.00. The summed E-state index contributed by atoms with van der Waals surface area (Å²) >= 11 is 7.79. The lowest BCUT2D eigenvalue weighted by Crippen LogP contribution is -2.30. The van der Waals surface area contributed by atoms with E-state index in [9.17, 15) is 4.79 Å². The number of thiazole rings is 1. The Bertz CT molecular complexity index is 1140. The van der Waals surface area contributed by atoms with Crippen molar-refractivity contribution in [2.24, 2.45) is 0 Å². The van der Waals surface area contributed by atoms with E-state index in [0.29, 0.717) is 22.3 Å². The molecule has 0 aliphatic carbocycles. The maximum Gasteiger partial charge on any atom is 0.260 e. The molecule has 0 N–H and O–H groups in total. The number of para-hydroxylation sites is 1. The highest BCUT2D eigenvalue weighted by Gasteiger charge is 2.22. The lowest BCUT2D eigenvalue weighted by Gasteiger charge is -2.21. The highest BCUT2D eigenvalue weighted by atomic mass is 35.5. The van der Waals surface area contributed by atoms with Crippen molar-refractivity contribution in [2.75, 3.05) is 23.9 Å².